The third-order valence-corrected chi connectivity index (χ3v) is 5.22. The van der Waals surface area contributed by atoms with Crippen LogP contribution in [0.3, 0.4) is 0 Å². The van der Waals surface area contributed by atoms with Gasteiger partial charge in [0.2, 0.25) is 0 Å². The molecule has 2 heteroatoms. The van der Waals surface area contributed by atoms with Crippen LogP contribution in [0.2, 0.25) is 0 Å². The molecule has 1 aliphatic carbocycles. The molecule has 1 saturated heterocycles. The molecule has 1 N–H and O–H groups in total. The maximum Gasteiger partial charge on any atom is 0.0558 e. The van der Waals surface area contributed by atoms with Crippen LogP contribution in [0.1, 0.15) is 43.6 Å². The fourth-order valence-corrected chi connectivity index (χ4v) is 3.77. The molecule has 110 valence electrons. The van der Waals surface area contributed by atoms with Crippen molar-refractivity contribution in [2.75, 3.05) is 26.2 Å². The second-order valence-corrected chi connectivity index (χ2v) is 6.60. The summed E-state index contributed by atoms with van der Waals surface area (Å²) in [5.41, 5.74) is 1.55. The van der Waals surface area contributed by atoms with Crippen molar-refractivity contribution in [2.45, 2.75) is 38.0 Å². The van der Waals surface area contributed by atoms with Crippen LogP contribution in [0.15, 0.2) is 30.3 Å². The number of piperidine rings is 1. The fraction of sp³-hybridized carbons (Fsp3) is 0.667. The Kier molecular flexibility index (Phi) is 4.74. The van der Waals surface area contributed by atoms with Crippen LogP contribution >= 0.6 is 0 Å². The van der Waals surface area contributed by atoms with E-state index < -0.39 is 0 Å². The highest BCUT2D eigenvalue weighted by Crippen LogP contribution is 2.50. The molecular formula is C18H27NO. The first-order valence-corrected chi connectivity index (χ1v) is 8.25. The highest BCUT2D eigenvalue weighted by molar-refractivity contribution is 5.25. The van der Waals surface area contributed by atoms with Crippen LogP contribution in [0.25, 0.3) is 0 Å². The minimum Gasteiger partial charge on any atom is -0.395 e. The summed E-state index contributed by atoms with van der Waals surface area (Å²) >= 11 is 0. The van der Waals surface area contributed by atoms with Gasteiger partial charge in [-0.1, -0.05) is 36.8 Å². The number of nitrogens with zero attached hydrogens (tertiary/aromatic N) is 1. The van der Waals surface area contributed by atoms with Gasteiger partial charge in [-0.15, -0.1) is 0 Å². The Labute approximate surface area is 122 Å². The highest BCUT2D eigenvalue weighted by Gasteiger charge is 2.37. The van der Waals surface area contributed by atoms with Gasteiger partial charge in [-0.3, -0.25) is 0 Å². The molecule has 0 aromatic heterocycles. The van der Waals surface area contributed by atoms with E-state index in [0.29, 0.717) is 6.61 Å². The molecule has 0 spiro atoms. The molecule has 1 aliphatic heterocycles. The lowest BCUT2D eigenvalue weighted by Gasteiger charge is -2.31. The smallest absolute Gasteiger partial charge is 0.0558 e. The summed E-state index contributed by atoms with van der Waals surface area (Å²) in [5, 5.41) is 8.96. The maximum atomic E-state index is 8.96. The molecule has 2 aliphatic rings. The first-order valence-electron chi connectivity index (χ1n) is 8.25. The topological polar surface area (TPSA) is 23.5 Å². The Hall–Kier alpha value is -0.860. The van der Waals surface area contributed by atoms with Gasteiger partial charge in [0.1, 0.15) is 0 Å². The van der Waals surface area contributed by atoms with E-state index in [1.165, 1.54) is 45.2 Å². The predicted molar refractivity (Wildman–Crippen MR) is 82.8 cm³/mol. The van der Waals surface area contributed by atoms with E-state index in [9.17, 15) is 0 Å². The number of β-amino-alcohol motifs (C(OH)–C–C–N with tert-alkyl or cyclic N) is 1. The third-order valence-electron chi connectivity index (χ3n) is 5.22. The molecule has 20 heavy (non-hydrogen) atoms. The summed E-state index contributed by atoms with van der Waals surface area (Å²) in [7, 11) is 0. The van der Waals surface area contributed by atoms with Crippen molar-refractivity contribution in [3.05, 3.63) is 35.9 Å². The number of benzene rings is 1. The molecule has 2 atom stereocenters. The van der Waals surface area contributed by atoms with Gasteiger partial charge < -0.3 is 10.0 Å². The van der Waals surface area contributed by atoms with Crippen molar-refractivity contribution in [3.8, 4) is 0 Å². The van der Waals surface area contributed by atoms with Gasteiger partial charge in [-0.05, 0) is 62.1 Å². The molecule has 0 radical (unpaired) electrons. The van der Waals surface area contributed by atoms with E-state index in [4.69, 9.17) is 5.11 Å². The van der Waals surface area contributed by atoms with Gasteiger partial charge >= 0.3 is 0 Å². The monoisotopic (exact) mass is 273 g/mol. The number of rotatable bonds is 6. The summed E-state index contributed by atoms with van der Waals surface area (Å²) in [5.74, 6) is 2.74. The normalized spacial score (nSPS) is 27.6. The predicted octanol–water partition coefficient (Wildman–Crippen LogP) is 3.27. The largest absolute Gasteiger partial charge is 0.395 e. The SMILES string of the molecule is OCCN1CCC(CC[C@H]2CC2c2ccccc2)CC1. The average molecular weight is 273 g/mol. The van der Waals surface area contributed by atoms with Gasteiger partial charge in [-0.2, -0.15) is 0 Å². The summed E-state index contributed by atoms with van der Waals surface area (Å²) in [6.45, 7) is 3.56. The third kappa shape index (κ3) is 3.62. The Bertz CT molecular complexity index is 397. The first-order chi connectivity index (χ1) is 9.86. The van der Waals surface area contributed by atoms with E-state index in [2.05, 4.69) is 35.2 Å². The second-order valence-electron chi connectivity index (χ2n) is 6.60. The molecule has 1 aromatic carbocycles. The van der Waals surface area contributed by atoms with Crippen LogP contribution in [-0.2, 0) is 0 Å². The van der Waals surface area contributed by atoms with Crippen molar-refractivity contribution in [2.24, 2.45) is 11.8 Å². The van der Waals surface area contributed by atoms with Crippen molar-refractivity contribution >= 4 is 0 Å². The molecule has 3 rings (SSSR count). The van der Waals surface area contributed by atoms with E-state index >= 15 is 0 Å². The van der Waals surface area contributed by atoms with Crippen molar-refractivity contribution < 1.29 is 5.11 Å². The Balaban J connectivity index is 1.36. The Morgan fingerprint density at radius 3 is 2.50 bits per heavy atom. The number of likely N-dealkylation sites (tertiary alicyclic amines) is 1. The molecule has 0 bridgehead atoms. The highest BCUT2D eigenvalue weighted by atomic mass is 16.3. The Morgan fingerprint density at radius 2 is 1.80 bits per heavy atom. The van der Waals surface area contributed by atoms with Crippen LogP contribution in [0.4, 0.5) is 0 Å². The van der Waals surface area contributed by atoms with Crippen molar-refractivity contribution in [1.82, 2.24) is 4.90 Å². The van der Waals surface area contributed by atoms with Gasteiger partial charge in [0.15, 0.2) is 0 Å². The molecule has 1 saturated carbocycles. The molecule has 1 aromatic rings. The van der Waals surface area contributed by atoms with Gasteiger partial charge in [0, 0.05) is 6.54 Å². The second kappa shape index (κ2) is 6.73. The fourth-order valence-electron chi connectivity index (χ4n) is 3.77. The minimum atomic E-state index is 0.311. The molecule has 0 amide bonds. The number of hydrogen-bond acceptors (Lipinski definition) is 2. The quantitative estimate of drug-likeness (QED) is 0.860. The van der Waals surface area contributed by atoms with Crippen LogP contribution in [0, 0.1) is 11.8 Å². The van der Waals surface area contributed by atoms with Gasteiger partial charge in [0.25, 0.3) is 0 Å². The lowest BCUT2D eigenvalue weighted by molar-refractivity contribution is 0.143. The molecule has 1 unspecified atom stereocenters. The summed E-state index contributed by atoms with van der Waals surface area (Å²) in [4.78, 5) is 2.40. The number of aliphatic hydroxyl groups excluding tert-OH is 1. The summed E-state index contributed by atoms with van der Waals surface area (Å²) in [6, 6.07) is 11.0. The lowest BCUT2D eigenvalue weighted by atomic mass is 9.90. The van der Waals surface area contributed by atoms with Gasteiger partial charge in [-0.25, -0.2) is 0 Å². The lowest BCUT2D eigenvalue weighted by Crippen LogP contribution is -2.35. The molecule has 2 nitrogen and oxygen atoms in total. The van der Waals surface area contributed by atoms with E-state index in [-0.39, 0.29) is 0 Å². The average Bonchev–Trinajstić information content (AvgIpc) is 3.27. The summed E-state index contributed by atoms with van der Waals surface area (Å²) < 4.78 is 0. The van der Waals surface area contributed by atoms with Crippen molar-refractivity contribution in [3.63, 3.8) is 0 Å². The van der Waals surface area contributed by atoms with Crippen LogP contribution in [-0.4, -0.2) is 36.2 Å². The molecule has 2 fully saturated rings. The minimum absolute atomic E-state index is 0.311. The maximum absolute atomic E-state index is 8.96. The van der Waals surface area contributed by atoms with E-state index in [1.807, 2.05) is 0 Å². The Morgan fingerprint density at radius 1 is 1.05 bits per heavy atom. The van der Waals surface area contributed by atoms with Gasteiger partial charge in [0.05, 0.1) is 6.61 Å². The van der Waals surface area contributed by atoms with E-state index in [1.54, 1.807) is 5.56 Å². The van der Waals surface area contributed by atoms with Crippen molar-refractivity contribution in [1.29, 1.82) is 0 Å². The first kappa shape index (κ1) is 14.1. The van der Waals surface area contributed by atoms with E-state index in [0.717, 1.165) is 24.3 Å². The standard InChI is InChI=1S/C18H27NO/c20-13-12-19-10-8-15(9-11-19)6-7-17-14-18(17)16-4-2-1-3-5-16/h1-5,15,17-18,20H,6-14H2/t17-,18?/m0/s1. The molecular weight excluding hydrogens is 246 g/mol. The molecule has 1 heterocycles. The zero-order valence-electron chi connectivity index (χ0n) is 12.4. The number of aliphatic hydroxyl groups is 1. The zero-order chi connectivity index (χ0) is 13.8. The zero-order valence-corrected chi connectivity index (χ0v) is 12.4. The van der Waals surface area contributed by atoms with Crippen LogP contribution < -0.4 is 0 Å². The van der Waals surface area contributed by atoms with Crippen LogP contribution in [0.5, 0.6) is 0 Å². The summed E-state index contributed by atoms with van der Waals surface area (Å²) in [6.07, 6.45) is 6.92. The number of hydrogen-bond donors (Lipinski definition) is 1.